The number of amides is 1. The first-order valence-corrected chi connectivity index (χ1v) is 7.05. The third-order valence-corrected chi connectivity index (χ3v) is 3.52. The van der Waals surface area contributed by atoms with Crippen molar-refractivity contribution in [3.63, 3.8) is 0 Å². The van der Waals surface area contributed by atoms with Crippen molar-refractivity contribution in [1.29, 1.82) is 0 Å². The van der Waals surface area contributed by atoms with E-state index in [-0.39, 0.29) is 5.91 Å². The Hall–Kier alpha value is -2.35. The quantitative estimate of drug-likeness (QED) is 0.772. The summed E-state index contributed by atoms with van der Waals surface area (Å²) in [7, 11) is 3.53. The number of carbonyl (C=O) groups is 1. The summed E-state index contributed by atoms with van der Waals surface area (Å²) < 4.78 is 0. The minimum absolute atomic E-state index is 0.0253. The first kappa shape index (κ1) is 15.0. The van der Waals surface area contributed by atoms with E-state index in [0.29, 0.717) is 5.56 Å². The van der Waals surface area contributed by atoms with Crippen LogP contribution < -0.4 is 0 Å². The topological polar surface area (TPSA) is 20.3 Å². The highest BCUT2D eigenvalue weighted by Gasteiger charge is 2.07. The fraction of sp³-hybridized carbons (Fsp3) is 0.211. The predicted octanol–water partition coefficient (Wildman–Crippen LogP) is 4.18. The zero-order valence-electron chi connectivity index (χ0n) is 13.1. The summed E-state index contributed by atoms with van der Waals surface area (Å²) in [6.45, 7) is 4.22. The predicted molar refractivity (Wildman–Crippen MR) is 89.3 cm³/mol. The van der Waals surface area contributed by atoms with Gasteiger partial charge in [-0.2, -0.15) is 0 Å². The maximum Gasteiger partial charge on any atom is 0.253 e. The number of rotatable bonds is 3. The van der Waals surface area contributed by atoms with Crippen LogP contribution in [-0.2, 0) is 0 Å². The molecule has 0 N–H and O–H groups in total. The third-order valence-electron chi connectivity index (χ3n) is 3.52. The molecule has 2 rings (SSSR count). The van der Waals surface area contributed by atoms with Crippen molar-refractivity contribution in [1.82, 2.24) is 4.90 Å². The van der Waals surface area contributed by atoms with Crippen molar-refractivity contribution in [2.75, 3.05) is 14.1 Å². The second-order valence-electron chi connectivity index (χ2n) is 5.46. The molecule has 2 heteroatoms. The number of aryl methyl sites for hydroxylation is 2. The van der Waals surface area contributed by atoms with Crippen molar-refractivity contribution < 1.29 is 4.79 Å². The van der Waals surface area contributed by atoms with E-state index in [1.165, 1.54) is 16.7 Å². The van der Waals surface area contributed by atoms with Gasteiger partial charge in [0, 0.05) is 19.7 Å². The molecule has 2 aromatic carbocycles. The average molecular weight is 279 g/mol. The Bertz CT molecular complexity index is 663. The van der Waals surface area contributed by atoms with E-state index in [2.05, 4.69) is 44.2 Å². The Morgan fingerprint density at radius 2 is 1.57 bits per heavy atom. The lowest BCUT2D eigenvalue weighted by Gasteiger charge is -2.10. The van der Waals surface area contributed by atoms with Crippen LogP contribution in [0.3, 0.4) is 0 Å². The molecule has 0 aromatic heterocycles. The minimum Gasteiger partial charge on any atom is -0.345 e. The molecule has 0 aliphatic carbocycles. The lowest BCUT2D eigenvalue weighted by Crippen LogP contribution is -2.21. The summed E-state index contributed by atoms with van der Waals surface area (Å²) in [5, 5.41) is 0. The molecule has 0 atom stereocenters. The van der Waals surface area contributed by atoms with E-state index in [1.807, 2.05) is 24.3 Å². The van der Waals surface area contributed by atoms with Crippen LogP contribution in [-0.4, -0.2) is 24.9 Å². The van der Waals surface area contributed by atoms with Crippen molar-refractivity contribution in [3.8, 4) is 0 Å². The fourth-order valence-electron chi connectivity index (χ4n) is 2.30. The molecule has 0 saturated carbocycles. The Kier molecular flexibility index (Phi) is 4.59. The summed E-state index contributed by atoms with van der Waals surface area (Å²) in [6, 6.07) is 14.0. The van der Waals surface area contributed by atoms with Crippen LogP contribution in [0.5, 0.6) is 0 Å². The van der Waals surface area contributed by atoms with Crippen LogP contribution in [0, 0.1) is 13.8 Å². The highest BCUT2D eigenvalue weighted by Crippen LogP contribution is 2.17. The van der Waals surface area contributed by atoms with Crippen LogP contribution in [0.1, 0.15) is 32.6 Å². The van der Waals surface area contributed by atoms with Gasteiger partial charge in [-0.05, 0) is 48.2 Å². The lowest BCUT2D eigenvalue weighted by atomic mass is 10.0. The molecule has 0 aliphatic heterocycles. The van der Waals surface area contributed by atoms with E-state index in [1.54, 1.807) is 19.0 Å². The van der Waals surface area contributed by atoms with Gasteiger partial charge in [0.1, 0.15) is 0 Å². The van der Waals surface area contributed by atoms with E-state index in [0.717, 1.165) is 5.56 Å². The maximum absolute atomic E-state index is 12.0. The van der Waals surface area contributed by atoms with Crippen LogP contribution in [0.15, 0.2) is 42.5 Å². The molecular formula is C19H21NO. The molecule has 21 heavy (non-hydrogen) atoms. The maximum atomic E-state index is 12.0. The van der Waals surface area contributed by atoms with Gasteiger partial charge in [0.15, 0.2) is 0 Å². The SMILES string of the molecule is Cc1cccc(C)c1/C=C/c1cccc(C(=O)N(C)C)c1. The highest BCUT2D eigenvalue weighted by atomic mass is 16.2. The molecule has 0 aliphatic rings. The minimum atomic E-state index is 0.0253. The number of nitrogens with zero attached hydrogens (tertiary/aromatic N) is 1. The molecule has 0 fully saturated rings. The highest BCUT2D eigenvalue weighted by molar-refractivity contribution is 5.94. The number of hydrogen-bond donors (Lipinski definition) is 0. The molecule has 2 aromatic rings. The van der Waals surface area contributed by atoms with Gasteiger partial charge in [-0.25, -0.2) is 0 Å². The summed E-state index contributed by atoms with van der Waals surface area (Å²) in [4.78, 5) is 13.6. The van der Waals surface area contributed by atoms with Gasteiger partial charge in [-0.3, -0.25) is 4.79 Å². The third kappa shape index (κ3) is 3.60. The normalized spacial score (nSPS) is 10.9. The van der Waals surface area contributed by atoms with Gasteiger partial charge in [0.25, 0.3) is 5.91 Å². The Morgan fingerprint density at radius 3 is 2.19 bits per heavy atom. The molecule has 0 radical (unpaired) electrons. The summed E-state index contributed by atoms with van der Waals surface area (Å²) >= 11 is 0. The summed E-state index contributed by atoms with van der Waals surface area (Å²) in [5.74, 6) is 0.0253. The van der Waals surface area contributed by atoms with Crippen molar-refractivity contribution in [2.45, 2.75) is 13.8 Å². The fourth-order valence-corrected chi connectivity index (χ4v) is 2.30. The van der Waals surface area contributed by atoms with E-state index in [9.17, 15) is 4.79 Å². The van der Waals surface area contributed by atoms with Gasteiger partial charge >= 0.3 is 0 Å². The Labute approximate surface area is 126 Å². The standard InChI is InChI=1S/C19H21NO/c1-14-7-5-8-15(2)18(14)12-11-16-9-6-10-17(13-16)19(21)20(3)4/h5-13H,1-4H3/b12-11+. The molecule has 0 saturated heterocycles. The lowest BCUT2D eigenvalue weighted by molar-refractivity contribution is 0.0827. The molecule has 1 amide bonds. The first-order chi connectivity index (χ1) is 9.99. The van der Waals surface area contributed by atoms with Gasteiger partial charge in [-0.1, -0.05) is 42.5 Å². The van der Waals surface area contributed by atoms with Gasteiger partial charge in [0.2, 0.25) is 0 Å². The van der Waals surface area contributed by atoms with Crippen molar-refractivity contribution >= 4 is 18.1 Å². The summed E-state index contributed by atoms with van der Waals surface area (Å²) in [6.07, 6.45) is 4.17. The second-order valence-corrected chi connectivity index (χ2v) is 5.46. The molecule has 0 spiro atoms. The van der Waals surface area contributed by atoms with Crippen LogP contribution in [0.4, 0.5) is 0 Å². The molecule has 108 valence electrons. The number of hydrogen-bond acceptors (Lipinski definition) is 1. The van der Waals surface area contributed by atoms with Crippen molar-refractivity contribution in [3.05, 3.63) is 70.3 Å². The van der Waals surface area contributed by atoms with Crippen LogP contribution in [0.2, 0.25) is 0 Å². The Balaban J connectivity index is 2.30. The number of benzene rings is 2. The smallest absolute Gasteiger partial charge is 0.253 e. The van der Waals surface area contributed by atoms with Gasteiger partial charge < -0.3 is 4.90 Å². The monoisotopic (exact) mass is 279 g/mol. The molecule has 2 nitrogen and oxygen atoms in total. The summed E-state index contributed by atoms with van der Waals surface area (Å²) in [5.41, 5.74) is 5.49. The van der Waals surface area contributed by atoms with Crippen molar-refractivity contribution in [2.24, 2.45) is 0 Å². The van der Waals surface area contributed by atoms with E-state index >= 15 is 0 Å². The largest absolute Gasteiger partial charge is 0.345 e. The molecule has 0 bridgehead atoms. The Morgan fingerprint density at radius 1 is 0.952 bits per heavy atom. The van der Waals surface area contributed by atoms with Crippen LogP contribution >= 0.6 is 0 Å². The van der Waals surface area contributed by atoms with Gasteiger partial charge in [-0.15, -0.1) is 0 Å². The van der Waals surface area contributed by atoms with E-state index in [4.69, 9.17) is 0 Å². The van der Waals surface area contributed by atoms with E-state index < -0.39 is 0 Å². The van der Waals surface area contributed by atoms with Gasteiger partial charge in [0.05, 0.1) is 0 Å². The molecular weight excluding hydrogens is 258 g/mol. The average Bonchev–Trinajstić information content (AvgIpc) is 2.46. The zero-order valence-corrected chi connectivity index (χ0v) is 13.1. The first-order valence-electron chi connectivity index (χ1n) is 7.05. The van der Waals surface area contributed by atoms with Crippen LogP contribution in [0.25, 0.3) is 12.2 Å². The zero-order chi connectivity index (χ0) is 15.4. The molecule has 0 unspecified atom stereocenters. The number of carbonyl (C=O) groups excluding carboxylic acids is 1. The second kappa shape index (κ2) is 6.40. The molecule has 0 heterocycles.